The van der Waals surface area contributed by atoms with Gasteiger partial charge in [-0.05, 0) is 18.6 Å². The van der Waals surface area contributed by atoms with Crippen molar-refractivity contribution in [1.29, 1.82) is 0 Å². The third-order valence-electron chi connectivity index (χ3n) is 2.83. The van der Waals surface area contributed by atoms with E-state index < -0.39 is 36.0 Å². The van der Waals surface area contributed by atoms with Crippen molar-refractivity contribution in [3.8, 4) is 0 Å². The summed E-state index contributed by atoms with van der Waals surface area (Å²) in [6.45, 7) is 1.03. The van der Waals surface area contributed by atoms with E-state index in [0.29, 0.717) is 5.56 Å². The topological polar surface area (TPSA) is 118 Å². The molecule has 0 fully saturated rings. The van der Waals surface area contributed by atoms with Gasteiger partial charge in [0.2, 0.25) is 0 Å². The summed E-state index contributed by atoms with van der Waals surface area (Å²) in [4.78, 5) is 10.9. The van der Waals surface area contributed by atoms with Crippen molar-refractivity contribution in [1.82, 2.24) is 0 Å². The van der Waals surface area contributed by atoms with E-state index in [9.17, 15) is 30.3 Å². The molecule has 4 atom stereocenters. The molecular weight excluding hydrogens is 264 g/mol. The van der Waals surface area contributed by atoms with Crippen LogP contribution in [0.25, 0.3) is 6.08 Å². The summed E-state index contributed by atoms with van der Waals surface area (Å²) >= 11 is 0. The van der Waals surface area contributed by atoms with E-state index >= 15 is 0 Å². The Kier molecular flexibility index (Phi) is 5.84. The van der Waals surface area contributed by atoms with Gasteiger partial charge in [0.15, 0.2) is 5.78 Å². The van der Waals surface area contributed by atoms with Gasteiger partial charge < -0.3 is 25.5 Å². The van der Waals surface area contributed by atoms with Gasteiger partial charge in [-0.3, -0.25) is 4.79 Å². The number of rotatable bonds is 6. The normalized spacial score (nSPS) is 18.1. The molecule has 110 valence electrons. The highest BCUT2D eigenvalue weighted by molar-refractivity contribution is 5.80. The molecule has 0 bridgehead atoms. The summed E-state index contributed by atoms with van der Waals surface area (Å²) in [6.07, 6.45) is -6.23. The molecule has 1 aromatic carbocycles. The third kappa shape index (κ3) is 4.14. The molecule has 0 aliphatic rings. The molecule has 1 rings (SSSR count). The Morgan fingerprint density at radius 1 is 1.00 bits per heavy atom. The minimum absolute atomic E-state index is 0.581. The van der Waals surface area contributed by atoms with E-state index in [2.05, 4.69) is 0 Å². The van der Waals surface area contributed by atoms with Gasteiger partial charge in [-0.2, -0.15) is 0 Å². The van der Waals surface area contributed by atoms with Gasteiger partial charge in [-0.15, -0.1) is 0 Å². The fraction of sp³-hybridized carbons (Fsp3) is 0.357. The Hall–Kier alpha value is -1.73. The molecule has 0 aromatic heterocycles. The van der Waals surface area contributed by atoms with Gasteiger partial charge in [0.1, 0.15) is 30.2 Å². The van der Waals surface area contributed by atoms with Crippen molar-refractivity contribution in [2.24, 2.45) is 0 Å². The van der Waals surface area contributed by atoms with Crippen LogP contribution in [0.5, 0.6) is 0 Å². The van der Waals surface area contributed by atoms with Crippen LogP contribution in [0.2, 0.25) is 0 Å². The number of aliphatic hydroxyl groups excluding tert-OH is 5. The van der Waals surface area contributed by atoms with E-state index in [-0.39, 0.29) is 0 Å². The summed E-state index contributed by atoms with van der Waals surface area (Å²) in [5, 5.41) is 47.9. The predicted octanol–water partition coefficient (Wildman–Crippen LogP) is -0.382. The Balaban J connectivity index is 2.80. The van der Waals surface area contributed by atoms with Crippen molar-refractivity contribution < 1.29 is 30.3 Å². The molecule has 0 unspecified atom stereocenters. The van der Waals surface area contributed by atoms with E-state index in [0.717, 1.165) is 6.92 Å². The van der Waals surface area contributed by atoms with Crippen molar-refractivity contribution in [3.63, 3.8) is 0 Å². The molecule has 5 N–H and O–H groups in total. The fourth-order valence-corrected chi connectivity index (χ4v) is 1.59. The molecule has 6 nitrogen and oxygen atoms in total. The van der Waals surface area contributed by atoms with E-state index in [1.807, 2.05) is 0 Å². The highest BCUT2D eigenvalue weighted by atomic mass is 16.4. The van der Waals surface area contributed by atoms with Crippen LogP contribution in [-0.4, -0.2) is 55.7 Å². The van der Waals surface area contributed by atoms with Crippen LogP contribution in [0, 0.1) is 0 Å². The molecule has 0 aliphatic carbocycles. The largest absolute Gasteiger partial charge is 0.509 e. The van der Waals surface area contributed by atoms with Crippen molar-refractivity contribution in [2.45, 2.75) is 31.3 Å². The lowest BCUT2D eigenvalue weighted by atomic mass is 9.99. The summed E-state index contributed by atoms with van der Waals surface area (Å²) < 4.78 is 0. The number of benzene rings is 1. The van der Waals surface area contributed by atoms with Crippen LogP contribution in [0.4, 0.5) is 0 Å². The van der Waals surface area contributed by atoms with E-state index in [1.54, 1.807) is 30.3 Å². The number of Topliss-reactive ketones (excluding diaryl/α,β-unsaturated/α-hetero) is 1. The molecule has 0 heterocycles. The molecule has 0 saturated carbocycles. The molecule has 0 spiro atoms. The molecule has 20 heavy (non-hydrogen) atoms. The maximum atomic E-state index is 10.9. The van der Waals surface area contributed by atoms with Crippen LogP contribution in [0.1, 0.15) is 12.5 Å². The number of carbonyl (C=O) groups is 1. The monoisotopic (exact) mass is 282 g/mol. The number of hydrogen-bond donors (Lipinski definition) is 5. The maximum absolute atomic E-state index is 10.9. The van der Waals surface area contributed by atoms with Crippen molar-refractivity contribution >= 4 is 11.9 Å². The Labute approximate surface area is 116 Å². The highest BCUT2D eigenvalue weighted by Gasteiger charge is 2.34. The first kappa shape index (κ1) is 16.3. The van der Waals surface area contributed by atoms with Crippen LogP contribution < -0.4 is 0 Å². The van der Waals surface area contributed by atoms with Crippen molar-refractivity contribution in [3.05, 3.63) is 41.7 Å². The summed E-state index contributed by atoms with van der Waals surface area (Å²) in [7, 11) is 0. The number of aliphatic hydroxyl groups is 5. The number of hydrogen-bond acceptors (Lipinski definition) is 6. The predicted molar refractivity (Wildman–Crippen MR) is 71.8 cm³/mol. The second-order valence-electron chi connectivity index (χ2n) is 4.46. The molecule has 1 aromatic rings. The quantitative estimate of drug-likeness (QED) is 0.454. The highest BCUT2D eigenvalue weighted by Crippen LogP contribution is 2.14. The lowest BCUT2D eigenvalue weighted by Crippen LogP contribution is -2.47. The minimum Gasteiger partial charge on any atom is -0.509 e. The molecule has 6 heteroatoms. The summed E-state index contributed by atoms with van der Waals surface area (Å²) in [5.41, 5.74) is 0.581. The standard InChI is InChI=1S/C14H18O6/c1-8(15)11(17)13(19)14(20)12(18)10(16)7-9-5-3-2-4-6-9/h2-7,11-14,16-20H,1H3/t11-,12+,13+,14-/m0/s1. The van der Waals surface area contributed by atoms with Gasteiger partial charge in [0.05, 0.1) is 0 Å². The zero-order chi connectivity index (χ0) is 15.3. The summed E-state index contributed by atoms with van der Waals surface area (Å²) in [5.74, 6) is -1.34. The van der Waals surface area contributed by atoms with Gasteiger partial charge in [0, 0.05) is 0 Å². The zero-order valence-corrected chi connectivity index (χ0v) is 10.9. The fourth-order valence-electron chi connectivity index (χ4n) is 1.59. The van der Waals surface area contributed by atoms with Crippen molar-refractivity contribution in [2.75, 3.05) is 0 Å². The number of ketones is 1. The van der Waals surface area contributed by atoms with Gasteiger partial charge in [-0.1, -0.05) is 30.3 Å². The average molecular weight is 282 g/mol. The molecule has 0 radical (unpaired) electrons. The van der Waals surface area contributed by atoms with Crippen LogP contribution in [0.3, 0.4) is 0 Å². The average Bonchev–Trinajstić information content (AvgIpc) is 2.44. The smallest absolute Gasteiger partial charge is 0.160 e. The summed E-state index contributed by atoms with van der Waals surface area (Å²) in [6, 6.07) is 8.53. The first-order valence-corrected chi connectivity index (χ1v) is 6.03. The Bertz CT molecular complexity index is 470. The lowest BCUT2D eigenvalue weighted by molar-refractivity contribution is -0.142. The SMILES string of the molecule is CC(=O)[C@H](O)[C@@H](O)[C@@H](O)[C@H](O)C(O)=Cc1ccccc1. The lowest BCUT2D eigenvalue weighted by Gasteiger charge is -2.24. The molecule has 0 amide bonds. The van der Waals surface area contributed by atoms with E-state index in [1.165, 1.54) is 6.08 Å². The first-order chi connectivity index (χ1) is 9.34. The first-order valence-electron chi connectivity index (χ1n) is 6.03. The van der Waals surface area contributed by atoms with Gasteiger partial charge >= 0.3 is 0 Å². The van der Waals surface area contributed by atoms with Crippen LogP contribution in [0.15, 0.2) is 36.1 Å². The second-order valence-corrected chi connectivity index (χ2v) is 4.46. The molecular formula is C14H18O6. The molecule has 0 aliphatic heterocycles. The minimum atomic E-state index is -1.89. The van der Waals surface area contributed by atoms with Crippen LogP contribution in [-0.2, 0) is 4.79 Å². The van der Waals surface area contributed by atoms with E-state index in [4.69, 9.17) is 0 Å². The Morgan fingerprint density at radius 3 is 2.00 bits per heavy atom. The molecule has 0 saturated heterocycles. The number of carbonyl (C=O) groups excluding carboxylic acids is 1. The van der Waals surface area contributed by atoms with Gasteiger partial charge in [-0.25, -0.2) is 0 Å². The maximum Gasteiger partial charge on any atom is 0.160 e. The van der Waals surface area contributed by atoms with Gasteiger partial charge in [0.25, 0.3) is 0 Å². The van der Waals surface area contributed by atoms with Crippen LogP contribution >= 0.6 is 0 Å². The third-order valence-corrected chi connectivity index (χ3v) is 2.83. The Morgan fingerprint density at radius 2 is 1.50 bits per heavy atom. The second kappa shape index (κ2) is 7.16. The zero-order valence-electron chi connectivity index (χ0n) is 10.9.